The van der Waals surface area contributed by atoms with E-state index in [4.69, 9.17) is 4.52 Å². The standard InChI is InChI=1S/C18H24N4O4S/c1-13-6-7-15(27(24,25)22-8-4-3-5-9-22)11-16(13)19-12-17(23)20-18-10-14(2)21-26-18/h6-7,10-11,19H,3-5,8-9,12H2,1-2H3,(H,20,23). The van der Waals surface area contributed by atoms with Gasteiger partial charge in [-0.25, -0.2) is 8.42 Å². The summed E-state index contributed by atoms with van der Waals surface area (Å²) in [6.45, 7) is 4.70. The van der Waals surface area contributed by atoms with E-state index < -0.39 is 10.0 Å². The maximum Gasteiger partial charge on any atom is 0.246 e. The van der Waals surface area contributed by atoms with E-state index in [-0.39, 0.29) is 23.2 Å². The highest BCUT2D eigenvalue weighted by Gasteiger charge is 2.26. The number of aryl methyl sites for hydroxylation is 2. The Labute approximate surface area is 159 Å². The first-order chi connectivity index (χ1) is 12.9. The summed E-state index contributed by atoms with van der Waals surface area (Å²) in [5.41, 5.74) is 2.14. The van der Waals surface area contributed by atoms with E-state index in [0.29, 0.717) is 24.5 Å². The van der Waals surface area contributed by atoms with E-state index in [2.05, 4.69) is 15.8 Å². The van der Waals surface area contributed by atoms with Crippen LogP contribution in [0.5, 0.6) is 0 Å². The number of piperidine rings is 1. The van der Waals surface area contributed by atoms with Crippen molar-refractivity contribution in [3.8, 4) is 0 Å². The van der Waals surface area contributed by atoms with Crippen LogP contribution in [-0.4, -0.2) is 43.4 Å². The number of carbonyl (C=O) groups is 1. The van der Waals surface area contributed by atoms with Crippen molar-refractivity contribution in [1.82, 2.24) is 9.46 Å². The van der Waals surface area contributed by atoms with Gasteiger partial charge in [0.1, 0.15) is 0 Å². The summed E-state index contributed by atoms with van der Waals surface area (Å²) in [6, 6.07) is 6.57. The van der Waals surface area contributed by atoms with Crippen LogP contribution in [0, 0.1) is 13.8 Å². The van der Waals surface area contributed by atoms with Crippen LogP contribution in [0.15, 0.2) is 33.7 Å². The summed E-state index contributed by atoms with van der Waals surface area (Å²) < 4.78 is 32.1. The highest BCUT2D eigenvalue weighted by atomic mass is 32.2. The molecule has 0 aliphatic carbocycles. The normalized spacial score (nSPS) is 15.5. The third-order valence-corrected chi connectivity index (χ3v) is 6.39. The Balaban J connectivity index is 1.68. The molecular weight excluding hydrogens is 368 g/mol. The zero-order valence-electron chi connectivity index (χ0n) is 15.5. The fourth-order valence-corrected chi connectivity index (χ4v) is 4.53. The zero-order chi connectivity index (χ0) is 19.4. The van der Waals surface area contributed by atoms with Gasteiger partial charge in [0, 0.05) is 24.8 Å². The van der Waals surface area contributed by atoms with Crippen LogP contribution in [0.25, 0.3) is 0 Å². The van der Waals surface area contributed by atoms with E-state index >= 15 is 0 Å². The van der Waals surface area contributed by atoms with Gasteiger partial charge in [0.15, 0.2) is 0 Å². The van der Waals surface area contributed by atoms with Crippen LogP contribution >= 0.6 is 0 Å². The predicted molar refractivity (Wildman–Crippen MR) is 102 cm³/mol. The molecule has 1 aromatic carbocycles. The smallest absolute Gasteiger partial charge is 0.246 e. The van der Waals surface area contributed by atoms with Gasteiger partial charge in [-0.05, 0) is 44.4 Å². The maximum atomic E-state index is 12.8. The van der Waals surface area contributed by atoms with Crippen LogP contribution in [-0.2, 0) is 14.8 Å². The molecule has 9 heteroatoms. The van der Waals surface area contributed by atoms with Crippen molar-refractivity contribution in [2.45, 2.75) is 38.0 Å². The van der Waals surface area contributed by atoms with Crippen molar-refractivity contribution in [3.63, 3.8) is 0 Å². The summed E-state index contributed by atoms with van der Waals surface area (Å²) in [5.74, 6) is -0.0349. The number of aromatic nitrogens is 1. The minimum atomic E-state index is -3.52. The van der Waals surface area contributed by atoms with Gasteiger partial charge >= 0.3 is 0 Å². The minimum Gasteiger partial charge on any atom is -0.376 e. The van der Waals surface area contributed by atoms with Crippen molar-refractivity contribution in [2.75, 3.05) is 30.3 Å². The molecule has 1 saturated heterocycles. The Kier molecular flexibility index (Phi) is 5.81. The Hall–Kier alpha value is -2.39. The lowest BCUT2D eigenvalue weighted by atomic mass is 10.2. The van der Waals surface area contributed by atoms with Crippen molar-refractivity contribution in [1.29, 1.82) is 0 Å². The Morgan fingerprint density at radius 2 is 1.93 bits per heavy atom. The van der Waals surface area contributed by atoms with Crippen LogP contribution in [0.4, 0.5) is 11.6 Å². The molecule has 146 valence electrons. The number of amides is 1. The lowest BCUT2D eigenvalue weighted by Gasteiger charge is -2.26. The van der Waals surface area contributed by atoms with Crippen LogP contribution < -0.4 is 10.6 Å². The molecule has 0 spiro atoms. The lowest BCUT2D eigenvalue weighted by molar-refractivity contribution is -0.114. The third kappa shape index (κ3) is 4.67. The number of anilines is 2. The molecule has 27 heavy (non-hydrogen) atoms. The van der Waals surface area contributed by atoms with Gasteiger partial charge in [0.25, 0.3) is 0 Å². The average Bonchev–Trinajstić information content (AvgIpc) is 3.06. The summed E-state index contributed by atoms with van der Waals surface area (Å²) in [5, 5.41) is 9.29. The molecule has 8 nitrogen and oxygen atoms in total. The first-order valence-corrected chi connectivity index (χ1v) is 10.4. The first-order valence-electron chi connectivity index (χ1n) is 8.94. The molecule has 1 fully saturated rings. The summed E-state index contributed by atoms with van der Waals surface area (Å²) in [6.07, 6.45) is 2.83. The van der Waals surface area contributed by atoms with Crippen molar-refractivity contribution in [2.24, 2.45) is 0 Å². The Morgan fingerprint density at radius 3 is 2.59 bits per heavy atom. The van der Waals surface area contributed by atoms with Gasteiger partial charge in [-0.3, -0.25) is 10.1 Å². The molecule has 1 aliphatic rings. The van der Waals surface area contributed by atoms with Crippen LogP contribution in [0.2, 0.25) is 0 Å². The van der Waals surface area contributed by atoms with Crippen LogP contribution in [0.1, 0.15) is 30.5 Å². The first kappa shape index (κ1) is 19.4. The number of sulfonamides is 1. The molecule has 0 atom stereocenters. The van der Waals surface area contributed by atoms with Crippen molar-refractivity contribution in [3.05, 3.63) is 35.5 Å². The SMILES string of the molecule is Cc1cc(NC(=O)CNc2cc(S(=O)(=O)N3CCCCC3)ccc2C)on1. The fourth-order valence-electron chi connectivity index (χ4n) is 2.99. The Morgan fingerprint density at radius 1 is 1.19 bits per heavy atom. The molecule has 0 radical (unpaired) electrons. The summed E-state index contributed by atoms with van der Waals surface area (Å²) in [7, 11) is -3.52. The average molecular weight is 392 g/mol. The number of benzene rings is 1. The molecule has 2 heterocycles. The molecule has 0 saturated carbocycles. The number of nitrogens with zero attached hydrogens (tertiary/aromatic N) is 2. The van der Waals surface area contributed by atoms with Crippen molar-refractivity contribution < 1.29 is 17.7 Å². The second-order valence-electron chi connectivity index (χ2n) is 6.68. The monoisotopic (exact) mass is 392 g/mol. The minimum absolute atomic E-state index is 0.0200. The van der Waals surface area contributed by atoms with Crippen LogP contribution in [0.3, 0.4) is 0 Å². The second-order valence-corrected chi connectivity index (χ2v) is 8.61. The molecule has 1 aliphatic heterocycles. The molecule has 0 unspecified atom stereocenters. The third-order valence-electron chi connectivity index (χ3n) is 4.49. The number of rotatable bonds is 6. The number of hydrogen-bond acceptors (Lipinski definition) is 6. The number of hydrogen-bond donors (Lipinski definition) is 2. The zero-order valence-corrected chi connectivity index (χ0v) is 16.3. The van der Waals surface area contributed by atoms with E-state index in [1.807, 2.05) is 6.92 Å². The van der Waals surface area contributed by atoms with Gasteiger partial charge in [-0.15, -0.1) is 0 Å². The largest absolute Gasteiger partial charge is 0.376 e. The molecule has 2 aromatic rings. The molecule has 0 bridgehead atoms. The predicted octanol–water partition coefficient (Wildman–Crippen LogP) is 2.52. The molecule has 1 amide bonds. The molecular formula is C18H24N4O4S. The van der Waals surface area contributed by atoms with E-state index in [1.54, 1.807) is 31.2 Å². The molecule has 1 aromatic heterocycles. The van der Waals surface area contributed by atoms with E-state index in [0.717, 1.165) is 24.8 Å². The highest BCUT2D eigenvalue weighted by Crippen LogP contribution is 2.25. The molecule has 2 N–H and O–H groups in total. The van der Waals surface area contributed by atoms with Gasteiger partial charge < -0.3 is 9.84 Å². The van der Waals surface area contributed by atoms with Gasteiger partial charge in [0.05, 0.1) is 17.1 Å². The fraction of sp³-hybridized carbons (Fsp3) is 0.444. The van der Waals surface area contributed by atoms with E-state index in [9.17, 15) is 13.2 Å². The lowest BCUT2D eigenvalue weighted by Crippen LogP contribution is -2.35. The van der Waals surface area contributed by atoms with E-state index in [1.165, 1.54) is 4.31 Å². The maximum absolute atomic E-state index is 12.8. The topological polar surface area (TPSA) is 105 Å². The molecule has 3 rings (SSSR count). The van der Waals surface area contributed by atoms with Crippen molar-refractivity contribution >= 4 is 27.5 Å². The Bertz CT molecular complexity index is 917. The second kappa shape index (κ2) is 8.10. The highest BCUT2D eigenvalue weighted by molar-refractivity contribution is 7.89. The quantitative estimate of drug-likeness (QED) is 0.783. The van der Waals surface area contributed by atoms with Gasteiger partial charge in [-0.1, -0.05) is 17.6 Å². The summed E-state index contributed by atoms with van der Waals surface area (Å²) in [4.78, 5) is 12.3. The number of carbonyl (C=O) groups excluding carboxylic acids is 1. The number of nitrogens with one attached hydrogen (secondary N) is 2. The summed E-state index contributed by atoms with van der Waals surface area (Å²) >= 11 is 0. The van der Waals surface area contributed by atoms with Gasteiger partial charge in [0.2, 0.25) is 21.8 Å². The van der Waals surface area contributed by atoms with Gasteiger partial charge in [-0.2, -0.15) is 4.31 Å².